The SMILES string of the molecule is C.CCCN(NC)C(=O)OC(Cl)C(C)(Cl)Cl.CCCN(NC)C(=O)OC(Cl)C(C)(Cl)Cl.CCCN(NC)C(=O)OC(Cl)C(C)C.CCCN(NC)C(=O)OCCl.CCCN(NC)C(=O)Oc1ccc([N+](C)=O)cc1.CCCN(NC)C(=O)Oc1ccc([N+](C)=O)cc1. The van der Waals surface area contributed by atoms with Gasteiger partial charge in [0, 0.05) is 131 Å². The fourth-order valence-electron chi connectivity index (χ4n) is 5.80. The molecule has 0 saturated carbocycles. The van der Waals surface area contributed by atoms with Crippen LogP contribution in [0.15, 0.2) is 48.5 Å². The van der Waals surface area contributed by atoms with Crippen molar-refractivity contribution in [2.75, 3.05) is 102 Å². The average molecular weight is 1480 g/mol. The Morgan fingerprint density at radius 3 is 0.870 bits per heavy atom. The maximum Gasteiger partial charge on any atom is 0.429 e. The summed E-state index contributed by atoms with van der Waals surface area (Å²) >= 11 is 45.1. The molecule has 0 saturated heterocycles. The zero-order valence-corrected chi connectivity index (χ0v) is 61.5. The second-order valence-corrected chi connectivity index (χ2v) is 23.7. The third kappa shape index (κ3) is 44.8. The van der Waals surface area contributed by atoms with Gasteiger partial charge in [0.2, 0.25) is 11.1 Å². The monoisotopic (exact) mass is 1470 g/mol. The molecule has 36 heteroatoms. The lowest BCUT2D eigenvalue weighted by molar-refractivity contribution is -0.428. The van der Waals surface area contributed by atoms with Crippen LogP contribution in [0.4, 0.5) is 40.1 Å². The highest BCUT2D eigenvalue weighted by Gasteiger charge is 2.34. The van der Waals surface area contributed by atoms with Crippen molar-refractivity contribution in [3.05, 3.63) is 58.3 Å². The van der Waals surface area contributed by atoms with Crippen molar-refractivity contribution in [2.45, 2.75) is 141 Å². The molecule has 0 radical (unpaired) electrons. The molecule has 3 atom stereocenters. The number of alkyl halides is 8. The van der Waals surface area contributed by atoms with Gasteiger partial charge in [0.05, 0.1) is 0 Å². The molecule has 6 N–H and O–H groups in total. The summed E-state index contributed by atoms with van der Waals surface area (Å²) in [7, 11) is 12.7. The third-order valence-electron chi connectivity index (χ3n) is 10.6. The van der Waals surface area contributed by atoms with Gasteiger partial charge in [0.15, 0.2) is 34.4 Å². The van der Waals surface area contributed by atoms with Crippen molar-refractivity contribution in [1.29, 1.82) is 0 Å². The van der Waals surface area contributed by atoms with Gasteiger partial charge in [-0.05, 0) is 76.6 Å². The molecule has 2 aromatic rings. The van der Waals surface area contributed by atoms with Gasteiger partial charge in [-0.25, -0.2) is 91.4 Å². The molecule has 0 aliphatic carbocycles. The van der Waals surface area contributed by atoms with Crippen molar-refractivity contribution in [2.24, 2.45) is 5.92 Å². The van der Waals surface area contributed by atoms with Crippen LogP contribution in [0.25, 0.3) is 0 Å². The molecule has 28 nitrogen and oxygen atoms in total. The van der Waals surface area contributed by atoms with Crippen molar-refractivity contribution >= 4 is 141 Å². The van der Waals surface area contributed by atoms with Gasteiger partial charge in [-0.1, -0.05) is 156 Å². The molecule has 0 aromatic heterocycles. The van der Waals surface area contributed by atoms with E-state index < -0.39 is 61.9 Å². The van der Waals surface area contributed by atoms with E-state index in [1.54, 1.807) is 90.8 Å². The zero-order valence-electron chi connectivity index (χ0n) is 55.4. The molecule has 0 bridgehead atoms. The first-order valence-corrected chi connectivity index (χ1v) is 32.1. The fraction of sp³-hybridized carbons (Fsp3) is 0.679. The minimum absolute atomic E-state index is 0. The Labute approximate surface area is 584 Å². The number of rotatable bonds is 29. The largest absolute Gasteiger partial charge is 0.432 e. The van der Waals surface area contributed by atoms with Crippen molar-refractivity contribution in [1.82, 2.24) is 62.6 Å². The van der Waals surface area contributed by atoms with Gasteiger partial charge in [0.25, 0.3) is 11.4 Å². The number of nitroso groups, excluding NO2 is 2. The van der Waals surface area contributed by atoms with Gasteiger partial charge in [-0.15, -0.1) is 0 Å². The first kappa shape index (κ1) is 96.0. The van der Waals surface area contributed by atoms with E-state index in [-0.39, 0.29) is 19.4 Å². The van der Waals surface area contributed by atoms with Crippen LogP contribution in [0.2, 0.25) is 0 Å². The summed E-state index contributed by atoms with van der Waals surface area (Å²) in [6.07, 6.45) is 1.97. The van der Waals surface area contributed by atoms with Crippen LogP contribution in [0.3, 0.4) is 0 Å². The van der Waals surface area contributed by atoms with E-state index in [0.29, 0.717) is 62.1 Å². The molecule has 2 rings (SSSR count). The Morgan fingerprint density at radius 1 is 0.446 bits per heavy atom. The van der Waals surface area contributed by atoms with Gasteiger partial charge in [-0.3, -0.25) is 0 Å². The van der Waals surface area contributed by atoms with Crippen LogP contribution in [-0.2, 0) is 18.9 Å². The summed E-state index contributed by atoms with van der Waals surface area (Å²) in [5.41, 5.74) is 14.5. The van der Waals surface area contributed by atoms with E-state index in [1.807, 2.05) is 55.4 Å². The quantitative estimate of drug-likeness (QED) is 0.0191. The number of carbonyl (C=O) groups excluding carboxylic acids is 6. The van der Waals surface area contributed by atoms with E-state index in [9.17, 15) is 38.6 Å². The lowest BCUT2D eigenvalue weighted by Crippen LogP contribution is -2.44. The Kier molecular flexibility index (Phi) is 58.0. The molecule has 0 fully saturated rings. The van der Waals surface area contributed by atoms with Crippen molar-refractivity contribution in [3.8, 4) is 11.5 Å². The van der Waals surface area contributed by atoms with E-state index in [2.05, 4.69) is 37.3 Å². The number of hydrogen-bond donors (Lipinski definition) is 6. The standard InChI is InChI=1S/2C12H18N3O3.C9H19ClN2O2.2C8H15Cl3N2O2.C6H13ClN2O2.CH4/c2*1-4-9-15(13-2)12(16)18-11-7-5-10(6-8-11)14(3)17;1-5-6-12(11-4)9(13)14-8(10)7(2)3;2*1-4-5-13(12-3)7(14)15-6(9)8(2,10)11;1-3-4-9(8-2)6(10)11-5-7;/h2*5-8,13H,4,9H2,1-3H3;7-8,11H,5-6H2,1-4H3;2*6,12H,4-5H2,1-3H3;8H,3-5H2,1-2H3;1H4/q2*+1;;;;;. The summed E-state index contributed by atoms with van der Waals surface area (Å²) in [5.74, 6) is 0.921. The second-order valence-electron chi connectivity index (χ2n) is 18.8. The Bertz CT molecular complexity index is 2220. The lowest BCUT2D eigenvalue weighted by atomic mass is 10.2. The van der Waals surface area contributed by atoms with E-state index in [4.69, 9.17) is 116 Å². The Hall–Kier alpha value is -4.66. The Morgan fingerprint density at radius 2 is 0.674 bits per heavy atom. The second kappa shape index (κ2) is 55.6. The minimum atomic E-state index is -1.32. The minimum Gasteiger partial charge on any atom is -0.432 e. The Balaban J connectivity index is -0.000000331. The number of carbonyl (C=O) groups is 6. The van der Waals surface area contributed by atoms with Crippen LogP contribution in [0.5, 0.6) is 11.5 Å². The third-order valence-corrected chi connectivity index (χ3v) is 13.6. The van der Waals surface area contributed by atoms with Crippen LogP contribution in [0, 0.1) is 15.7 Å². The first-order chi connectivity index (χ1) is 42.6. The number of nitrogens with one attached hydrogen (secondary N) is 6. The topological polar surface area (TPSA) is 290 Å². The van der Waals surface area contributed by atoms with Crippen molar-refractivity contribution in [3.63, 3.8) is 0 Å². The van der Waals surface area contributed by atoms with Crippen molar-refractivity contribution < 1.29 is 66.7 Å². The van der Waals surface area contributed by atoms with E-state index in [0.717, 1.165) is 48.0 Å². The van der Waals surface area contributed by atoms with Gasteiger partial charge in [0.1, 0.15) is 11.5 Å². The number of hydrogen-bond acceptors (Lipinski definition) is 20. The van der Waals surface area contributed by atoms with Crippen LogP contribution in [0.1, 0.15) is 115 Å². The molecule has 92 heavy (non-hydrogen) atoms. The predicted molar refractivity (Wildman–Crippen MR) is 367 cm³/mol. The maximum atomic E-state index is 11.7. The fourth-order valence-corrected chi connectivity index (χ4v) is 6.30. The van der Waals surface area contributed by atoms with Gasteiger partial charge < -0.3 is 28.4 Å². The average Bonchev–Trinajstić information content (AvgIpc) is 3.03. The lowest BCUT2D eigenvalue weighted by Gasteiger charge is -2.25. The molecule has 0 heterocycles. The predicted octanol–water partition coefficient (Wildman–Crippen LogP) is 13.6. The zero-order chi connectivity index (χ0) is 71.0. The number of amides is 6. The number of benzene rings is 2. The number of nitrogens with zero attached hydrogens (tertiary/aromatic N) is 8. The first-order valence-electron chi connectivity index (χ1n) is 28.8. The molecule has 2 aromatic carbocycles. The number of hydrazine groups is 6. The number of halogens is 8. The molecule has 6 amide bonds. The summed E-state index contributed by atoms with van der Waals surface area (Å²) < 4.78 is 28.4. The maximum absolute atomic E-state index is 11.7. The molecule has 534 valence electrons. The summed E-state index contributed by atoms with van der Waals surface area (Å²) in [6, 6.07) is 12.6. The highest BCUT2D eigenvalue weighted by Crippen LogP contribution is 2.31. The van der Waals surface area contributed by atoms with Crippen LogP contribution >= 0.6 is 92.8 Å². The van der Waals surface area contributed by atoms with E-state index in [1.165, 1.54) is 58.0 Å². The van der Waals surface area contributed by atoms with Crippen LogP contribution < -0.4 is 42.0 Å². The van der Waals surface area contributed by atoms with Crippen LogP contribution in [-0.4, -0.2) is 203 Å². The van der Waals surface area contributed by atoms with Gasteiger partial charge >= 0.3 is 36.6 Å². The highest BCUT2D eigenvalue weighted by atomic mass is 35.5. The molecule has 3 unspecified atom stereocenters. The molecule has 0 aliphatic heterocycles. The molecule has 0 aliphatic rings. The summed E-state index contributed by atoms with van der Waals surface area (Å²) in [6.45, 7) is 21.8. The van der Waals surface area contributed by atoms with Gasteiger partial charge in [-0.2, -0.15) is 0 Å². The molecule has 0 spiro atoms. The smallest absolute Gasteiger partial charge is 0.429 e. The highest BCUT2D eigenvalue weighted by molar-refractivity contribution is 6.52. The number of ether oxygens (including phenoxy) is 6. The summed E-state index contributed by atoms with van der Waals surface area (Å²) in [4.78, 5) is 90.7. The molecular formula is C56H102Cl8N14O14+2. The normalized spacial score (nSPS) is 11.3. The summed E-state index contributed by atoms with van der Waals surface area (Å²) in [5, 5.41) is 8.10. The molecular weight excluding hydrogens is 1380 g/mol. The van der Waals surface area contributed by atoms with E-state index >= 15 is 0 Å².